The van der Waals surface area contributed by atoms with Crippen molar-refractivity contribution in [2.45, 2.75) is 50.7 Å². The normalized spacial score (nSPS) is 15.4. The molecule has 0 aromatic heterocycles. The van der Waals surface area contributed by atoms with Gasteiger partial charge in [0.25, 0.3) is 0 Å². The van der Waals surface area contributed by atoms with E-state index in [4.69, 9.17) is 9.47 Å². The summed E-state index contributed by atoms with van der Waals surface area (Å²) in [7, 11) is 0. The monoisotopic (exact) mass is 559 g/mol. The molecule has 3 aromatic carbocycles. The molecule has 0 spiro atoms. The van der Waals surface area contributed by atoms with Crippen molar-refractivity contribution in [3.8, 4) is 11.1 Å². The first-order chi connectivity index (χ1) is 19.1. The molecule has 2 amide bonds. The van der Waals surface area contributed by atoms with E-state index in [0.717, 1.165) is 29.1 Å². The molecular formula is C32H37N3O4S. The van der Waals surface area contributed by atoms with Crippen LogP contribution in [0.5, 0.6) is 0 Å². The van der Waals surface area contributed by atoms with Gasteiger partial charge in [0.1, 0.15) is 12.2 Å². The number of nitrogens with zero attached hydrogens (tertiary/aromatic N) is 2. The van der Waals surface area contributed by atoms with Crippen molar-refractivity contribution in [2.24, 2.45) is 0 Å². The van der Waals surface area contributed by atoms with Gasteiger partial charge in [0.15, 0.2) is 0 Å². The molecule has 210 valence electrons. The Morgan fingerprint density at radius 3 is 2.15 bits per heavy atom. The SMILES string of the molecule is Cc1c(CN2CCN(C(=O)OCC3c4ccccc4-c4ccccc43)CC2)cc(S)cc1NC(=O)OC(C)(C)C. The second kappa shape index (κ2) is 11.6. The molecule has 1 saturated heterocycles. The summed E-state index contributed by atoms with van der Waals surface area (Å²) in [5.74, 6) is 0.0533. The maximum atomic E-state index is 13.0. The number of nitrogens with one attached hydrogen (secondary N) is 1. The Morgan fingerprint density at radius 1 is 0.950 bits per heavy atom. The lowest BCUT2D eigenvalue weighted by Crippen LogP contribution is -2.48. The summed E-state index contributed by atoms with van der Waals surface area (Å²) < 4.78 is 11.3. The fourth-order valence-electron chi connectivity index (χ4n) is 5.48. The molecule has 7 nitrogen and oxygen atoms in total. The van der Waals surface area contributed by atoms with E-state index in [2.05, 4.69) is 59.2 Å². The van der Waals surface area contributed by atoms with Crippen molar-refractivity contribution in [1.29, 1.82) is 0 Å². The number of ether oxygens (including phenoxy) is 2. The largest absolute Gasteiger partial charge is 0.448 e. The zero-order chi connectivity index (χ0) is 28.4. The number of thiol groups is 1. The molecule has 0 atom stereocenters. The highest BCUT2D eigenvalue weighted by molar-refractivity contribution is 7.80. The van der Waals surface area contributed by atoms with E-state index in [-0.39, 0.29) is 12.0 Å². The average Bonchev–Trinajstić information content (AvgIpc) is 3.23. The number of carbonyl (C=O) groups is 2. The van der Waals surface area contributed by atoms with Crippen LogP contribution in [0.4, 0.5) is 15.3 Å². The van der Waals surface area contributed by atoms with Crippen molar-refractivity contribution in [3.05, 3.63) is 82.9 Å². The zero-order valence-electron chi connectivity index (χ0n) is 23.6. The summed E-state index contributed by atoms with van der Waals surface area (Å²) >= 11 is 4.55. The van der Waals surface area contributed by atoms with Crippen LogP contribution in [-0.2, 0) is 16.0 Å². The zero-order valence-corrected chi connectivity index (χ0v) is 24.5. The van der Waals surface area contributed by atoms with Crippen molar-refractivity contribution in [3.63, 3.8) is 0 Å². The molecule has 0 unspecified atom stereocenters. The Balaban J connectivity index is 1.16. The first-order valence-electron chi connectivity index (χ1n) is 13.7. The van der Waals surface area contributed by atoms with Crippen molar-refractivity contribution in [2.75, 3.05) is 38.1 Å². The molecule has 0 bridgehead atoms. The molecule has 1 fully saturated rings. The minimum absolute atomic E-state index is 0.0533. The van der Waals surface area contributed by atoms with E-state index in [1.807, 2.05) is 52.0 Å². The van der Waals surface area contributed by atoms with E-state index in [1.54, 1.807) is 4.90 Å². The van der Waals surface area contributed by atoms with E-state index < -0.39 is 11.7 Å². The van der Waals surface area contributed by atoms with Gasteiger partial charge in [-0.2, -0.15) is 0 Å². The molecule has 40 heavy (non-hydrogen) atoms. The molecule has 1 heterocycles. The topological polar surface area (TPSA) is 71.1 Å². The minimum Gasteiger partial charge on any atom is -0.448 e. The Bertz CT molecular complexity index is 1360. The van der Waals surface area contributed by atoms with Crippen molar-refractivity contribution >= 4 is 30.5 Å². The number of anilines is 1. The number of hydrogen-bond donors (Lipinski definition) is 2. The molecule has 0 radical (unpaired) electrons. The third kappa shape index (κ3) is 6.29. The van der Waals surface area contributed by atoms with Crippen LogP contribution in [0.1, 0.15) is 48.9 Å². The van der Waals surface area contributed by atoms with Gasteiger partial charge in [-0.1, -0.05) is 48.5 Å². The molecule has 5 rings (SSSR count). The second-order valence-electron chi connectivity index (χ2n) is 11.5. The van der Waals surface area contributed by atoms with Crippen molar-refractivity contribution < 1.29 is 19.1 Å². The predicted molar refractivity (Wildman–Crippen MR) is 160 cm³/mol. The molecular weight excluding hydrogens is 522 g/mol. The molecule has 2 aliphatic rings. The van der Waals surface area contributed by atoms with Gasteiger partial charge in [-0.15, -0.1) is 12.6 Å². The van der Waals surface area contributed by atoms with Crippen LogP contribution in [0.25, 0.3) is 11.1 Å². The molecule has 3 aromatic rings. The molecule has 1 N–H and O–H groups in total. The fourth-order valence-corrected chi connectivity index (χ4v) is 5.76. The van der Waals surface area contributed by atoms with Crippen LogP contribution < -0.4 is 5.32 Å². The van der Waals surface area contributed by atoms with E-state index >= 15 is 0 Å². The van der Waals surface area contributed by atoms with E-state index in [0.29, 0.717) is 31.9 Å². The number of fused-ring (bicyclic) bond motifs is 3. The number of rotatable bonds is 5. The van der Waals surface area contributed by atoms with Gasteiger partial charge in [-0.05, 0) is 73.2 Å². The van der Waals surface area contributed by atoms with Crippen LogP contribution in [-0.4, -0.2) is 60.4 Å². The Kier molecular flexibility index (Phi) is 8.10. The van der Waals surface area contributed by atoms with Gasteiger partial charge >= 0.3 is 12.2 Å². The van der Waals surface area contributed by atoms with Gasteiger partial charge < -0.3 is 14.4 Å². The van der Waals surface area contributed by atoms with Crippen LogP contribution in [0.3, 0.4) is 0 Å². The number of hydrogen-bond acceptors (Lipinski definition) is 6. The second-order valence-corrected chi connectivity index (χ2v) is 12.0. The first kappa shape index (κ1) is 28.1. The Labute approximate surface area is 241 Å². The van der Waals surface area contributed by atoms with Gasteiger partial charge in [0.2, 0.25) is 0 Å². The molecule has 0 saturated carbocycles. The lowest BCUT2D eigenvalue weighted by atomic mass is 9.98. The quantitative estimate of drug-likeness (QED) is 0.341. The maximum absolute atomic E-state index is 13.0. The van der Waals surface area contributed by atoms with Crippen LogP contribution >= 0.6 is 12.6 Å². The van der Waals surface area contributed by atoms with Gasteiger partial charge in [0.05, 0.1) is 0 Å². The van der Waals surface area contributed by atoms with Gasteiger partial charge in [-0.25, -0.2) is 9.59 Å². The lowest BCUT2D eigenvalue weighted by molar-refractivity contribution is 0.0635. The van der Waals surface area contributed by atoms with E-state index in [1.165, 1.54) is 22.3 Å². The standard InChI is InChI=1S/C32H37N3O4S/c1-21-22(17-23(40)18-29(21)33-30(36)39-32(2,3)4)19-34-13-15-35(16-14-34)31(37)38-20-28-26-11-7-5-9-24(26)25-10-6-8-12-27(25)28/h5-12,17-18,28,40H,13-16,19-20H2,1-4H3,(H,33,36). The smallest absolute Gasteiger partial charge is 0.412 e. The molecule has 1 aliphatic heterocycles. The van der Waals surface area contributed by atoms with E-state index in [9.17, 15) is 9.59 Å². The summed E-state index contributed by atoms with van der Waals surface area (Å²) in [5, 5.41) is 2.86. The maximum Gasteiger partial charge on any atom is 0.412 e. The van der Waals surface area contributed by atoms with Crippen LogP contribution in [0.2, 0.25) is 0 Å². The summed E-state index contributed by atoms with van der Waals surface area (Å²) in [4.78, 5) is 30.2. The van der Waals surface area contributed by atoms with Gasteiger partial charge in [-0.3, -0.25) is 10.2 Å². The Morgan fingerprint density at radius 2 is 1.55 bits per heavy atom. The molecule has 1 aliphatic carbocycles. The highest BCUT2D eigenvalue weighted by atomic mass is 32.1. The average molecular weight is 560 g/mol. The summed E-state index contributed by atoms with van der Waals surface area (Å²) in [6.45, 7) is 11.2. The first-order valence-corrected chi connectivity index (χ1v) is 14.2. The third-order valence-electron chi connectivity index (χ3n) is 7.50. The van der Waals surface area contributed by atoms with Crippen LogP contribution in [0, 0.1) is 6.92 Å². The highest BCUT2D eigenvalue weighted by Gasteiger charge is 2.30. The van der Waals surface area contributed by atoms with Gasteiger partial charge in [0, 0.05) is 49.2 Å². The number of piperazine rings is 1. The van der Waals surface area contributed by atoms with Crippen molar-refractivity contribution in [1.82, 2.24) is 9.80 Å². The number of amides is 2. The summed E-state index contributed by atoms with van der Waals surface area (Å²) in [6, 6.07) is 20.6. The summed E-state index contributed by atoms with van der Waals surface area (Å²) in [6.07, 6.45) is -0.754. The summed E-state index contributed by atoms with van der Waals surface area (Å²) in [5.41, 5.74) is 7.03. The predicted octanol–water partition coefficient (Wildman–Crippen LogP) is 6.70. The highest BCUT2D eigenvalue weighted by Crippen LogP contribution is 2.44. The fraction of sp³-hybridized carbons (Fsp3) is 0.375. The minimum atomic E-state index is -0.577. The molecule has 8 heteroatoms. The lowest BCUT2D eigenvalue weighted by Gasteiger charge is -2.34. The van der Waals surface area contributed by atoms with Crippen LogP contribution in [0.15, 0.2) is 65.6 Å². The number of carbonyl (C=O) groups excluding carboxylic acids is 2. The number of benzene rings is 3. The third-order valence-corrected chi connectivity index (χ3v) is 7.75. The Hall–Kier alpha value is -3.49.